The van der Waals surface area contributed by atoms with E-state index in [1.807, 2.05) is 18.7 Å². The zero-order chi connectivity index (χ0) is 22.5. The van der Waals surface area contributed by atoms with E-state index in [-0.39, 0.29) is 21.9 Å². The summed E-state index contributed by atoms with van der Waals surface area (Å²) in [5.74, 6) is 0.686. The first kappa shape index (κ1) is 23.6. The lowest BCUT2D eigenvalue weighted by Crippen LogP contribution is -2.44. The number of benzene rings is 1. The van der Waals surface area contributed by atoms with E-state index < -0.39 is 20.0 Å². The van der Waals surface area contributed by atoms with Gasteiger partial charge in [-0.2, -0.15) is 0 Å². The Morgan fingerprint density at radius 1 is 0.935 bits per heavy atom. The smallest absolute Gasteiger partial charge is 0.242 e. The van der Waals surface area contributed by atoms with Gasteiger partial charge < -0.3 is 4.90 Å². The van der Waals surface area contributed by atoms with Crippen molar-refractivity contribution in [3.8, 4) is 0 Å². The van der Waals surface area contributed by atoms with Crippen LogP contribution in [0.2, 0.25) is 0 Å². The Morgan fingerprint density at radius 3 is 2.13 bits per heavy atom. The van der Waals surface area contributed by atoms with E-state index in [9.17, 15) is 16.8 Å². The molecule has 0 amide bonds. The molecule has 1 aliphatic heterocycles. The zero-order valence-corrected chi connectivity index (χ0v) is 19.5. The van der Waals surface area contributed by atoms with E-state index in [2.05, 4.69) is 14.4 Å². The van der Waals surface area contributed by atoms with Crippen LogP contribution in [0.15, 0.2) is 58.5 Å². The Bertz CT molecular complexity index is 1050. The summed E-state index contributed by atoms with van der Waals surface area (Å²) in [6.07, 6.45) is 4.12. The molecule has 1 aromatic carbocycles. The molecule has 10 heteroatoms. The fourth-order valence-corrected chi connectivity index (χ4v) is 6.25. The van der Waals surface area contributed by atoms with Gasteiger partial charge in [0.15, 0.2) is 0 Å². The molecule has 1 aliphatic rings. The quantitative estimate of drug-likeness (QED) is 0.588. The van der Waals surface area contributed by atoms with Crippen LogP contribution in [-0.2, 0) is 20.0 Å². The first-order valence-electron chi connectivity index (χ1n) is 10.6. The van der Waals surface area contributed by atoms with Crippen LogP contribution in [0.3, 0.4) is 0 Å². The van der Waals surface area contributed by atoms with Crippen molar-refractivity contribution in [3.63, 3.8) is 0 Å². The molecule has 0 aliphatic carbocycles. The molecule has 0 bridgehead atoms. The van der Waals surface area contributed by atoms with Crippen LogP contribution in [0.4, 0.5) is 5.82 Å². The highest BCUT2D eigenvalue weighted by Gasteiger charge is 2.25. The number of sulfonamides is 2. The van der Waals surface area contributed by atoms with Crippen LogP contribution in [-0.4, -0.2) is 47.0 Å². The van der Waals surface area contributed by atoms with E-state index in [0.717, 1.165) is 12.8 Å². The summed E-state index contributed by atoms with van der Waals surface area (Å²) in [5.41, 5.74) is 0. The number of hydrogen-bond donors (Lipinski definition) is 2. The van der Waals surface area contributed by atoms with Gasteiger partial charge in [0, 0.05) is 31.4 Å². The second-order valence-corrected chi connectivity index (χ2v) is 11.1. The largest absolute Gasteiger partial charge is 0.357 e. The first-order chi connectivity index (χ1) is 14.7. The SMILES string of the molecule is CCC(CC)NS(=O)(=O)c1ccc(N2CCC(NS(=O)(=O)c3ccccc3)CC2)nc1. The molecule has 0 spiro atoms. The average Bonchev–Trinajstić information content (AvgIpc) is 2.78. The van der Waals surface area contributed by atoms with E-state index in [1.165, 1.54) is 6.20 Å². The van der Waals surface area contributed by atoms with Gasteiger partial charge in [0.1, 0.15) is 10.7 Å². The van der Waals surface area contributed by atoms with Gasteiger partial charge in [0.25, 0.3) is 0 Å². The lowest BCUT2D eigenvalue weighted by molar-refractivity contribution is 0.458. The molecule has 0 atom stereocenters. The van der Waals surface area contributed by atoms with Gasteiger partial charge in [-0.1, -0.05) is 32.0 Å². The summed E-state index contributed by atoms with van der Waals surface area (Å²) in [6.45, 7) is 5.16. The van der Waals surface area contributed by atoms with Gasteiger partial charge in [0.05, 0.1) is 4.90 Å². The molecule has 2 aromatic rings. The second kappa shape index (κ2) is 10.1. The fraction of sp³-hybridized carbons (Fsp3) is 0.476. The molecule has 170 valence electrons. The summed E-state index contributed by atoms with van der Waals surface area (Å²) in [4.78, 5) is 6.79. The summed E-state index contributed by atoms with van der Waals surface area (Å²) in [7, 11) is -7.13. The average molecular weight is 467 g/mol. The van der Waals surface area contributed by atoms with E-state index >= 15 is 0 Å². The van der Waals surface area contributed by atoms with Crippen molar-refractivity contribution >= 4 is 25.9 Å². The number of nitrogens with one attached hydrogen (secondary N) is 2. The number of hydrogen-bond acceptors (Lipinski definition) is 6. The zero-order valence-electron chi connectivity index (χ0n) is 17.9. The van der Waals surface area contributed by atoms with Gasteiger partial charge >= 0.3 is 0 Å². The molecule has 8 nitrogen and oxygen atoms in total. The van der Waals surface area contributed by atoms with Crippen LogP contribution < -0.4 is 14.3 Å². The van der Waals surface area contributed by atoms with Gasteiger partial charge in [-0.15, -0.1) is 0 Å². The van der Waals surface area contributed by atoms with Crippen molar-refractivity contribution in [3.05, 3.63) is 48.7 Å². The number of aromatic nitrogens is 1. The third-order valence-corrected chi connectivity index (χ3v) is 8.57. The number of piperidine rings is 1. The monoisotopic (exact) mass is 466 g/mol. The van der Waals surface area contributed by atoms with Crippen LogP contribution in [0.1, 0.15) is 39.5 Å². The second-order valence-electron chi connectivity index (χ2n) is 7.68. The van der Waals surface area contributed by atoms with Crippen LogP contribution in [0, 0.1) is 0 Å². The Kier molecular flexibility index (Phi) is 7.68. The molecule has 2 N–H and O–H groups in total. The van der Waals surface area contributed by atoms with Crippen LogP contribution >= 0.6 is 0 Å². The topological polar surface area (TPSA) is 108 Å². The Balaban J connectivity index is 1.59. The Morgan fingerprint density at radius 2 is 1.58 bits per heavy atom. The molecule has 0 radical (unpaired) electrons. The minimum Gasteiger partial charge on any atom is -0.357 e. The molecule has 1 aromatic heterocycles. The molecule has 2 heterocycles. The highest BCUT2D eigenvalue weighted by atomic mass is 32.2. The Hall–Kier alpha value is -2.01. The third kappa shape index (κ3) is 6.03. The fourth-order valence-electron chi connectivity index (χ4n) is 3.57. The van der Waals surface area contributed by atoms with Crippen molar-refractivity contribution in [1.29, 1.82) is 0 Å². The summed E-state index contributed by atoms with van der Waals surface area (Å²) in [6, 6.07) is 11.4. The van der Waals surface area contributed by atoms with Gasteiger partial charge in [-0.05, 0) is 49.9 Å². The highest BCUT2D eigenvalue weighted by molar-refractivity contribution is 7.89. The molecule has 3 rings (SSSR count). The van der Waals surface area contributed by atoms with Gasteiger partial charge in [0.2, 0.25) is 20.0 Å². The maximum atomic E-state index is 12.5. The summed E-state index contributed by atoms with van der Waals surface area (Å²) >= 11 is 0. The molecule has 1 saturated heterocycles. The Labute approximate surface area is 185 Å². The van der Waals surface area contributed by atoms with Gasteiger partial charge in [-0.25, -0.2) is 31.3 Å². The third-order valence-electron chi connectivity index (χ3n) is 5.53. The minimum atomic E-state index is -3.59. The van der Waals surface area contributed by atoms with Crippen LogP contribution in [0.25, 0.3) is 0 Å². The molecular formula is C21H30N4O4S2. The predicted octanol–water partition coefficient (Wildman–Crippen LogP) is 2.50. The normalized spacial score (nSPS) is 16.0. The van der Waals surface area contributed by atoms with Crippen molar-refractivity contribution in [1.82, 2.24) is 14.4 Å². The van der Waals surface area contributed by atoms with Crippen molar-refractivity contribution in [2.75, 3.05) is 18.0 Å². The summed E-state index contributed by atoms with van der Waals surface area (Å²) in [5, 5.41) is 0. The lowest BCUT2D eigenvalue weighted by Gasteiger charge is -2.33. The highest BCUT2D eigenvalue weighted by Crippen LogP contribution is 2.21. The van der Waals surface area contributed by atoms with E-state index in [4.69, 9.17) is 0 Å². The summed E-state index contributed by atoms with van der Waals surface area (Å²) < 4.78 is 55.5. The van der Waals surface area contributed by atoms with Crippen molar-refractivity contribution in [2.24, 2.45) is 0 Å². The van der Waals surface area contributed by atoms with Crippen molar-refractivity contribution < 1.29 is 16.8 Å². The molecule has 0 saturated carbocycles. The van der Waals surface area contributed by atoms with Crippen LogP contribution in [0.5, 0.6) is 0 Å². The predicted molar refractivity (Wildman–Crippen MR) is 121 cm³/mol. The molecule has 1 fully saturated rings. The van der Waals surface area contributed by atoms with Gasteiger partial charge in [-0.3, -0.25) is 0 Å². The maximum absolute atomic E-state index is 12.5. The number of pyridine rings is 1. The first-order valence-corrected chi connectivity index (χ1v) is 13.5. The standard InChI is InChI=1S/C21H30N4O4S2/c1-3-17(4-2)23-31(28,29)20-10-11-21(22-16-20)25-14-12-18(13-15-25)24-30(26,27)19-8-6-5-7-9-19/h5-11,16-18,23-24H,3-4,12-15H2,1-2H3. The number of nitrogens with zero attached hydrogens (tertiary/aromatic N) is 2. The maximum Gasteiger partial charge on any atom is 0.242 e. The lowest BCUT2D eigenvalue weighted by atomic mass is 10.1. The van der Waals surface area contributed by atoms with E-state index in [1.54, 1.807) is 42.5 Å². The molecular weight excluding hydrogens is 436 g/mol. The molecule has 0 unspecified atom stereocenters. The number of rotatable bonds is 9. The number of anilines is 1. The molecule has 31 heavy (non-hydrogen) atoms. The van der Waals surface area contributed by atoms with Crippen molar-refractivity contribution in [2.45, 2.75) is 61.4 Å². The van der Waals surface area contributed by atoms with E-state index in [0.29, 0.717) is 31.7 Å². The minimum absolute atomic E-state index is 0.0941.